The Morgan fingerprint density at radius 3 is 2.69 bits per heavy atom. The van der Waals surface area contributed by atoms with E-state index in [-0.39, 0.29) is 6.10 Å². The zero-order chi connectivity index (χ0) is 10.1. The summed E-state index contributed by atoms with van der Waals surface area (Å²) >= 11 is 0. The number of hydrogen-bond donors (Lipinski definition) is 2. The Bertz CT molecular complexity index is 180. The maximum Gasteiger partial charge on any atom is 0.404 e. The van der Waals surface area contributed by atoms with E-state index in [2.05, 4.69) is 18.5 Å². The van der Waals surface area contributed by atoms with Gasteiger partial charge in [-0.3, -0.25) is 0 Å². The van der Waals surface area contributed by atoms with Crippen LogP contribution < -0.4 is 11.1 Å². The van der Waals surface area contributed by atoms with Gasteiger partial charge in [0.25, 0.3) is 0 Å². The highest BCUT2D eigenvalue weighted by Crippen LogP contribution is 1.97. The van der Waals surface area contributed by atoms with Gasteiger partial charge in [-0.25, -0.2) is 4.79 Å². The molecule has 1 atom stereocenters. The van der Waals surface area contributed by atoms with Crippen molar-refractivity contribution >= 4 is 6.09 Å². The Balaban J connectivity index is 3.71. The highest BCUT2D eigenvalue weighted by Gasteiger charge is 2.08. The number of amides is 1. The second-order valence-corrected chi connectivity index (χ2v) is 2.53. The van der Waals surface area contributed by atoms with Gasteiger partial charge in [-0.2, -0.15) is 0 Å². The molecule has 13 heavy (non-hydrogen) atoms. The van der Waals surface area contributed by atoms with Crippen LogP contribution in [0.2, 0.25) is 0 Å². The summed E-state index contributed by atoms with van der Waals surface area (Å²) in [5.74, 6) is 0. The van der Waals surface area contributed by atoms with Gasteiger partial charge >= 0.3 is 6.09 Å². The largest absolute Gasteiger partial charge is 0.445 e. The van der Waals surface area contributed by atoms with E-state index in [0.29, 0.717) is 19.5 Å². The molecule has 0 rings (SSSR count). The number of ether oxygens (including phenoxy) is 1. The van der Waals surface area contributed by atoms with E-state index in [1.165, 1.54) is 0 Å². The molecule has 0 aliphatic rings. The van der Waals surface area contributed by atoms with Crippen LogP contribution in [0.15, 0.2) is 25.3 Å². The van der Waals surface area contributed by atoms with Crippen molar-refractivity contribution in [3.63, 3.8) is 0 Å². The second-order valence-electron chi connectivity index (χ2n) is 2.53. The SMILES string of the molecule is C=CCNCC(CC=C)OC(N)=O. The summed E-state index contributed by atoms with van der Waals surface area (Å²) in [7, 11) is 0. The van der Waals surface area contributed by atoms with E-state index >= 15 is 0 Å². The summed E-state index contributed by atoms with van der Waals surface area (Å²) < 4.78 is 4.81. The fourth-order valence-electron chi connectivity index (χ4n) is 0.870. The lowest BCUT2D eigenvalue weighted by Gasteiger charge is -2.14. The van der Waals surface area contributed by atoms with Gasteiger partial charge in [0.15, 0.2) is 0 Å². The van der Waals surface area contributed by atoms with E-state index < -0.39 is 6.09 Å². The molecule has 0 aliphatic heterocycles. The van der Waals surface area contributed by atoms with Crippen molar-refractivity contribution in [3.8, 4) is 0 Å². The first-order chi connectivity index (χ1) is 6.20. The standard InChI is InChI=1S/C9H16N2O2/c1-3-5-8(13-9(10)12)7-11-6-4-2/h3-4,8,11H,1-2,5-7H2,(H2,10,12). The number of carbonyl (C=O) groups is 1. The van der Waals surface area contributed by atoms with Crippen LogP contribution in [0.1, 0.15) is 6.42 Å². The second kappa shape index (κ2) is 7.36. The van der Waals surface area contributed by atoms with Crippen molar-refractivity contribution in [2.45, 2.75) is 12.5 Å². The molecule has 4 heteroatoms. The highest BCUT2D eigenvalue weighted by molar-refractivity contribution is 5.64. The van der Waals surface area contributed by atoms with E-state index in [1.807, 2.05) is 0 Å². The molecule has 0 saturated carbocycles. The minimum atomic E-state index is -0.757. The first-order valence-corrected chi connectivity index (χ1v) is 4.09. The van der Waals surface area contributed by atoms with E-state index in [1.54, 1.807) is 12.2 Å². The van der Waals surface area contributed by atoms with Gasteiger partial charge in [0.2, 0.25) is 0 Å². The number of carbonyl (C=O) groups excluding carboxylic acids is 1. The van der Waals surface area contributed by atoms with E-state index in [9.17, 15) is 4.79 Å². The van der Waals surface area contributed by atoms with Gasteiger partial charge in [0.1, 0.15) is 6.10 Å². The molecule has 1 unspecified atom stereocenters. The topological polar surface area (TPSA) is 64.3 Å². The number of nitrogens with one attached hydrogen (secondary N) is 1. The Morgan fingerprint density at radius 2 is 2.23 bits per heavy atom. The van der Waals surface area contributed by atoms with Crippen LogP contribution in [0.4, 0.5) is 4.79 Å². The zero-order valence-corrected chi connectivity index (χ0v) is 7.66. The first-order valence-electron chi connectivity index (χ1n) is 4.09. The van der Waals surface area contributed by atoms with Gasteiger partial charge in [-0.15, -0.1) is 13.2 Å². The molecule has 74 valence electrons. The van der Waals surface area contributed by atoms with Crippen LogP contribution in [-0.4, -0.2) is 25.3 Å². The third-order valence-electron chi connectivity index (χ3n) is 1.37. The lowest BCUT2D eigenvalue weighted by molar-refractivity contribution is 0.107. The van der Waals surface area contributed by atoms with Gasteiger partial charge in [-0.1, -0.05) is 12.2 Å². The monoisotopic (exact) mass is 184 g/mol. The number of primary amides is 1. The molecular formula is C9H16N2O2. The van der Waals surface area contributed by atoms with E-state index in [4.69, 9.17) is 10.5 Å². The lowest BCUT2D eigenvalue weighted by atomic mass is 10.2. The van der Waals surface area contributed by atoms with Crippen molar-refractivity contribution in [2.24, 2.45) is 5.73 Å². The number of hydrogen-bond acceptors (Lipinski definition) is 3. The summed E-state index contributed by atoms with van der Waals surface area (Å²) in [6.45, 7) is 8.34. The Labute approximate surface area is 78.4 Å². The van der Waals surface area contributed by atoms with Crippen molar-refractivity contribution in [1.82, 2.24) is 5.32 Å². The average Bonchev–Trinajstić information content (AvgIpc) is 2.04. The third kappa shape index (κ3) is 7.08. The van der Waals surface area contributed by atoms with Crippen LogP contribution >= 0.6 is 0 Å². The van der Waals surface area contributed by atoms with Gasteiger partial charge < -0.3 is 15.8 Å². The first kappa shape index (κ1) is 11.7. The highest BCUT2D eigenvalue weighted by atomic mass is 16.6. The van der Waals surface area contributed by atoms with Crippen molar-refractivity contribution in [1.29, 1.82) is 0 Å². The summed E-state index contributed by atoms with van der Waals surface area (Å²) in [6, 6.07) is 0. The van der Waals surface area contributed by atoms with Gasteiger partial charge in [0.05, 0.1) is 0 Å². The molecule has 0 fully saturated rings. The maximum atomic E-state index is 10.4. The minimum Gasteiger partial charge on any atom is -0.445 e. The molecule has 0 bridgehead atoms. The normalized spacial score (nSPS) is 11.7. The number of nitrogens with two attached hydrogens (primary N) is 1. The summed E-state index contributed by atoms with van der Waals surface area (Å²) in [5, 5.41) is 3.03. The fourth-order valence-corrected chi connectivity index (χ4v) is 0.870. The Kier molecular flexibility index (Phi) is 6.63. The molecule has 0 aromatic heterocycles. The molecule has 0 saturated heterocycles. The van der Waals surface area contributed by atoms with Gasteiger partial charge in [0, 0.05) is 19.5 Å². The molecule has 0 heterocycles. The molecule has 0 spiro atoms. The molecule has 0 radical (unpaired) electrons. The summed E-state index contributed by atoms with van der Waals surface area (Å²) in [5.41, 5.74) is 4.88. The Morgan fingerprint density at radius 1 is 1.54 bits per heavy atom. The molecule has 1 amide bonds. The van der Waals surface area contributed by atoms with Crippen molar-refractivity contribution in [2.75, 3.05) is 13.1 Å². The van der Waals surface area contributed by atoms with Crippen molar-refractivity contribution in [3.05, 3.63) is 25.3 Å². The Hall–Kier alpha value is -1.29. The summed E-state index contributed by atoms with van der Waals surface area (Å²) in [4.78, 5) is 10.4. The van der Waals surface area contributed by atoms with Gasteiger partial charge in [-0.05, 0) is 0 Å². The zero-order valence-electron chi connectivity index (χ0n) is 7.66. The molecular weight excluding hydrogens is 168 g/mol. The quantitative estimate of drug-likeness (QED) is 0.454. The average molecular weight is 184 g/mol. The van der Waals surface area contributed by atoms with Crippen LogP contribution in [0.3, 0.4) is 0 Å². The van der Waals surface area contributed by atoms with Crippen LogP contribution in [0, 0.1) is 0 Å². The fraction of sp³-hybridized carbons (Fsp3) is 0.444. The van der Waals surface area contributed by atoms with Crippen LogP contribution in [0.5, 0.6) is 0 Å². The molecule has 0 aliphatic carbocycles. The maximum absolute atomic E-state index is 10.4. The predicted octanol–water partition coefficient (Wildman–Crippen LogP) is 0.802. The third-order valence-corrected chi connectivity index (χ3v) is 1.37. The predicted molar refractivity (Wildman–Crippen MR) is 52.3 cm³/mol. The number of rotatable bonds is 7. The van der Waals surface area contributed by atoms with E-state index in [0.717, 1.165) is 0 Å². The lowest BCUT2D eigenvalue weighted by Crippen LogP contribution is -2.32. The van der Waals surface area contributed by atoms with Crippen LogP contribution in [0.25, 0.3) is 0 Å². The molecule has 0 aromatic rings. The van der Waals surface area contributed by atoms with Crippen molar-refractivity contribution < 1.29 is 9.53 Å². The summed E-state index contributed by atoms with van der Waals surface area (Å²) in [6.07, 6.45) is 3.01. The molecule has 3 N–H and O–H groups in total. The van der Waals surface area contributed by atoms with Crippen LogP contribution in [-0.2, 0) is 4.74 Å². The smallest absolute Gasteiger partial charge is 0.404 e. The molecule has 0 aromatic carbocycles. The minimum absolute atomic E-state index is 0.241. The molecule has 4 nitrogen and oxygen atoms in total.